The maximum Gasteiger partial charge on any atom is 0.164 e. The first-order valence-corrected chi connectivity index (χ1v) is 20.8. The Bertz CT molecular complexity index is 3160. The van der Waals surface area contributed by atoms with Gasteiger partial charge in [-0.25, -0.2) is 15.0 Å². The van der Waals surface area contributed by atoms with Gasteiger partial charge in [0.15, 0.2) is 17.5 Å². The Labute approximate surface area is 359 Å². The zero-order chi connectivity index (χ0) is 41.2. The lowest BCUT2D eigenvalue weighted by molar-refractivity contribution is 0.669. The number of para-hydroxylation sites is 1. The molecule has 0 unspecified atom stereocenters. The highest BCUT2D eigenvalue weighted by atomic mass is 16.3. The molecule has 2 heterocycles. The lowest BCUT2D eigenvalue weighted by Gasteiger charge is -2.26. The Morgan fingerprint density at radius 1 is 0.290 bits per heavy atom. The number of rotatable bonds is 9. The number of hydrogen-bond acceptors (Lipinski definition) is 5. The summed E-state index contributed by atoms with van der Waals surface area (Å²) in [5.74, 6) is 1.80. The largest absolute Gasteiger partial charge is 0.456 e. The number of anilines is 3. The average molecular weight is 795 g/mol. The third kappa shape index (κ3) is 7.08. The van der Waals surface area contributed by atoms with Crippen LogP contribution in [0.5, 0.6) is 0 Å². The highest BCUT2D eigenvalue weighted by Gasteiger charge is 2.20. The van der Waals surface area contributed by atoms with E-state index in [0.717, 1.165) is 66.8 Å². The molecule has 0 saturated heterocycles. The summed E-state index contributed by atoms with van der Waals surface area (Å²) in [5.41, 5.74) is 14.2. The molecule has 0 radical (unpaired) electrons. The van der Waals surface area contributed by atoms with Gasteiger partial charge in [0, 0.05) is 44.5 Å². The van der Waals surface area contributed by atoms with E-state index in [9.17, 15) is 0 Å². The second-order valence-electron chi connectivity index (χ2n) is 15.2. The fraction of sp³-hybridized carbons (Fsp3) is 0. The first-order valence-electron chi connectivity index (χ1n) is 20.8. The quantitative estimate of drug-likeness (QED) is 0.146. The van der Waals surface area contributed by atoms with Gasteiger partial charge in [0.2, 0.25) is 0 Å². The van der Waals surface area contributed by atoms with E-state index in [0.29, 0.717) is 17.5 Å². The standard InChI is InChI=1S/C57H38N4O/c1-5-15-39(16-6-1)41-25-31-47(32-26-41)61(48-33-27-42(28-34-48)40-17-7-2-8-18-40)49-35-29-43(30-36-49)46-37-51(54-50-23-13-14-24-52(50)62-53(54)38-46)57-59-55(44-19-9-3-10-20-44)58-56(60-57)45-21-11-4-12-22-45/h1-38H. The van der Waals surface area contributed by atoms with Crippen LogP contribution >= 0.6 is 0 Å². The van der Waals surface area contributed by atoms with Crippen molar-refractivity contribution in [3.8, 4) is 67.5 Å². The van der Waals surface area contributed by atoms with E-state index in [2.05, 4.69) is 157 Å². The SMILES string of the molecule is c1ccc(-c2ccc(N(c3ccc(-c4ccccc4)cc3)c3ccc(-c4cc(-c5nc(-c6ccccc6)nc(-c6ccccc6)n5)c5c(c4)oc4ccccc45)cc3)cc2)cc1. The van der Waals surface area contributed by atoms with Gasteiger partial charge in [-0.2, -0.15) is 0 Å². The zero-order valence-corrected chi connectivity index (χ0v) is 33.6. The van der Waals surface area contributed by atoms with Crippen molar-refractivity contribution in [1.82, 2.24) is 15.0 Å². The van der Waals surface area contributed by atoms with Gasteiger partial charge in [0.1, 0.15) is 11.2 Å². The molecule has 9 aromatic carbocycles. The van der Waals surface area contributed by atoms with Gasteiger partial charge in [-0.3, -0.25) is 0 Å². The monoisotopic (exact) mass is 794 g/mol. The highest BCUT2D eigenvalue weighted by Crippen LogP contribution is 2.42. The van der Waals surface area contributed by atoms with Crippen LogP contribution in [0.3, 0.4) is 0 Å². The molecule has 2 aromatic heterocycles. The molecule has 0 fully saturated rings. The summed E-state index contributed by atoms with van der Waals surface area (Å²) in [6, 6.07) is 80.0. The van der Waals surface area contributed by atoms with E-state index >= 15 is 0 Å². The van der Waals surface area contributed by atoms with E-state index in [-0.39, 0.29) is 0 Å². The van der Waals surface area contributed by atoms with Crippen molar-refractivity contribution in [2.75, 3.05) is 4.90 Å². The van der Waals surface area contributed by atoms with Crippen LogP contribution in [-0.4, -0.2) is 15.0 Å². The van der Waals surface area contributed by atoms with E-state index in [1.165, 1.54) is 22.3 Å². The number of fused-ring (bicyclic) bond motifs is 3. The average Bonchev–Trinajstić information content (AvgIpc) is 3.74. The molecular formula is C57H38N4O. The molecule has 0 atom stereocenters. The number of aromatic nitrogens is 3. The molecule has 0 saturated carbocycles. The minimum atomic E-state index is 0.580. The molecule has 292 valence electrons. The lowest BCUT2D eigenvalue weighted by atomic mass is 9.97. The van der Waals surface area contributed by atoms with E-state index in [1.54, 1.807) is 0 Å². The predicted octanol–water partition coefficient (Wildman–Crippen LogP) is 15.2. The third-order valence-corrected chi connectivity index (χ3v) is 11.3. The van der Waals surface area contributed by atoms with E-state index in [1.807, 2.05) is 78.9 Å². The molecule has 0 bridgehead atoms. The molecule has 0 N–H and O–H groups in total. The van der Waals surface area contributed by atoms with Gasteiger partial charge >= 0.3 is 0 Å². The van der Waals surface area contributed by atoms with Gasteiger partial charge in [-0.15, -0.1) is 0 Å². The molecule has 5 nitrogen and oxygen atoms in total. The molecule has 0 aliphatic heterocycles. The summed E-state index contributed by atoms with van der Waals surface area (Å²) < 4.78 is 6.59. The van der Waals surface area contributed by atoms with Crippen molar-refractivity contribution >= 4 is 39.0 Å². The van der Waals surface area contributed by atoms with Crippen LogP contribution in [0.4, 0.5) is 17.1 Å². The predicted molar refractivity (Wildman–Crippen MR) is 254 cm³/mol. The molecule has 62 heavy (non-hydrogen) atoms. The molecule has 5 heteroatoms. The number of furan rings is 1. The topological polar surface area (TPSA) is 55.1 Å². The molecule has 0 aliphatic rings. The van der Waals surface area contributed by atoms with Crippen LogP contribution in [0.15, 0.2) is 235 Å². The summed E-state index contributed by atoms with van der Waals surface area (Å²) in [6.07, 6.45) is 0. The Balaban J connectivity index is 1.03. The summed E-state index contributed by atoms with van der Waals surface area (Å²) >= 11 is 0. The number of hydrogen-bond donors (Lipinski definition) is 0. The number of nitrogens with zero attached hydrogens (tertiary/aromatic N) is 4. The van der Waals surface area contributed by atoms with Gasteiger partial charge in [-0.05, 0) is 88.0 Å². The van der Waals surface area contributed by atoms with Crippen LogP contribution < -0.4 is 4.90 Å². The summed E-state index contributed by atoms with van der Waals surface area (Å²) in [7, 11) is 0. The number of benzene rings is 9. The van der Waals surface area contributed by atoms with Crippen molar-refractivity contribution in [3.05, 3.63) is 231 Å². The summed E-state index contributed by atoms with van der Waals surface area (Å²) in [4.78, 5) is 17.6. The smallest absolute Gasteiger partial charge is 0.164 e. The van der Waals surface area contributed by atoms with Gasteiger partial charge in [-0.1, -0.05) is 176 Å². The maximum absolute atomic E-state index is 6.59. The van der Waals surface area contributed by atoms with Crippen molar-refractivity contribution < 1.29 is 4.42 Å². The first kappa shape index (κ1) is 36.7. The fourth-order valence-electron chi connectivity index (χ4n) is 8.24. The van der Waals surface area contributed by atoms with Crippen LogP contribution in [0.25, 0.3) is 89.5 Å². The highest BCUT2D eigenvalue weighted by molar-refractivity contribution is 6.13. The van der Waals surface area contributed by atoms with Crippen molar-refractivity contribution in [1.29, 1.82) is 0 Å². The Hall–Kier alpha value is -8.41. The molecule has 11 rings (SSSR count). The van der Waals surface area contributed by atoms with Crippen LogP contribution in [0.2, 0.25) is 0 Å². The molecular weight excluding hydrogens is 757 g/mol. The summed E-state index contributed by atoms with van der Waals surface area (Å²) in [5, 5.41) is 1.98. The van der Waals surface area contributed by atoms with Crippen molar-refractivity contribution in [2.45, 2.75) is 0 Å². The normalized spacial score (nSPS) is 11.2. The fourth-order valence-corrected chi connectivity index (χ4v) is 8.24. The minimum Gasteiger partial charge on any atom is -0.456 e. The van der Waals surface area contributed by atoms with Crippen molar-refractivity contribution in [2.24, 2.45) is 0 Å². The zero-order valence-electron chi connectivity index (χ0n) is 33.6. The van der Waals surface area contributed by atoms with Crippen LogP contribution in [-0.2, 0) is 0 Å². The van der Waals surface area contributed by atoms with Crippen LogP contribution in [0, 0.1) is 0 Å². The second-order valence-corrected chi connectivity index (χ2v) is 15.2. The van der Waals surface area contributed by atoms with Gasteiger partial charge in [0.05, 0.1) is 0 Å². The van der Waals surface area contributed by atoms with Gasteiger partial charge < -0.3 is 9.32 Å². The summed E-state index contributed by atoms with van der Waals surface area (Å²) in [6.45, 7) is 0. The van der Waals surface area contributed by atoms with Crippen LogP contribution in [0.1, 0.15) is 0 Å². The van der Waals surface area contributed by atoms with E-state index < -0.39 is 0 Å². The molecule has 0 aliphatic carbocycles. The molecule has 0 spiro atoms. The Morgan fingerprint density at radius 2 is 0.661 bits per heavy atom. The van der Waals surface area contributed by atoms with Crippen molar-refractivity contribution in [3.63, 3.8) is 0 Å². The Morgan fingerprint density at radius 3 is 1.13 bits per heavy atom. The minimum absolute atomic E-state index is 0.580. The Kier molecular flexibility index (Phi) is 9.45. The molecule has 11 aromatic rings. The third-order valence-electron chi connectivity index (χ3n) is 11.3. The maximum atomic E-state index is 6.59. The lowest BCUT2D eigenvalue weighted by Crippen LogP contribution is -2.09. The van der Waals surface area contributed by atoms with E-state index in [4.69, 9.17) is 19.4 Å². The first-order chi connectivity index (χ1) is 30.7. The molecule has 0 amide bonds. The van der Waals surface area contributed by atoms with Gasteiger partial charge in [0.25, 0.3) is 0 Å². The second kappa shape index (κ2) is 16.0.